The molecule has 1 saturated heterocycles. The second-order valence-corrected chi connectivity index (χ2v) is 6.68. The van der Waals surface area contributed by atoms with Crippen LogP contribution >= 0.6 is 11.3 Å². The van der Waals surface area contributed by atoms with E-state index in [4.69, 9.17) is 0 Å². The summed E-state index contributed by atoms with van der Waals surface area (Å²) in [5.74, 6) is -1.28. The maximum Gasteiger partial charge on any atom is 0.266 e. The van der Waals surface area contributed by atoms with Crippen LogP contribution in [0.15, 0.2) is 12.3 Å². The van der Waals surface area contributed by atoms with Gasteiger partial charge in [-0.05, 0) is 19.9 Å². The van der Waals surface area contributed by atoms with E-state index in [1.165, 1.54) is 11.3 Å². The first-order valence-corrected chi connectivity index (χ1v) is 7.91. The van der Waals surface area contributed by atoms with Gasteiger partial charge in [-0.3, -0.25) is 0 Å². The summed E-state index contributed by atoms with van der Waals surface area (Å²) in [5, 5.41) is 2.00. The second kappa shape index (κ2) is 4.55. The van der Waals surface area contributed by atoms with E-state index in [9.17, 15) is 8.78 Å². The van der Waals surface area contributed by atoms with Crippen molar-refractivity contribution in [3.05, 3.63) is 23.8 Å². The van der Waals surface area contributed by atoms with Gasteiger partial charge < -0.3 is 4.90 Å². The van der Waals surface area contributed by atoms with Gasteiger partial charge in [-0.15, -0.1) is 11.3 Å². The molecule has 1 aliphatic rings. The largest absolute Gasteiger partial charge is 0.349 e. The number of aryl methyl sites for hydroxylation is 2. The summed E-state index contributed by atoms with van der Waals surface area (Å²) >= 11 is 1.50. The number of halogens is 2. The summed E-state index contributed by atoms with van der Waals surface area (Å²) in [6.45, 7) is 3.87. The zero-order valence-corrected chi connectivity index (χ0v) is 13.0. The number of fused-ring (bicyclic) bond motifs is 3. The SMILES string of the molecule is Cc1nc(C)c2c(n1)sc1c(N3CCC(F)(F)C3)nccc12. The first kappa shape index (κ1) is 13.8. The molecule has 0 spiro atoms. The molecular formula is C15H14F2N4S. The number of thiophene rings is 1. The van der Waals surface area contributed by atoms with Gasteiger partial charge in [-0.1, -0.05) is 0 Å². The Morgan fingerprint density at radius 3 is 2.82 bits per heavy atom. The highest BCUT2D eigenvalue weighted by atomic mass is 32.1. The molecule has 0 unspecified atom stereocenters. The van der Waals surface area contributed by atoms with Crippen LogP contribution in [-0.2, 0) is 0 Å². The Bertz CT molecular complexity index is 890. The third kappa shape index (κ3) is 2.03. The minimum atomic E-state index is -2.63. The molecule has 0 bridgehead atoms. The van der Waals surface area contributed by atoms with Gasteiger partial charge in [0.1, 0.15) is 16.5 Å². The number of anilines is 1. The minimum Gasteiger partial charge on any atom is -0.349 e. The average molecular weight is 320 g/mol. The third-order valence-electron chi connectivity index (χ3n) is 3.99. The van der Waals surface area contributed by atoms with Crippen LogP contribution in [-0.4, -0.2) is 34.0 Å². The van der Waals surface area contributed by atoms with Gasteiger partial charge in [0.05, 0.1) is 16.9 Å². The maximum atomic E-state index is 13.5. The number of nitrogens with zero attached hydrogens (tertiary/aromatic N) is 4. The van der Waals surface area contributed by atoms with Crippen LogP contribution in [0.5, 0.6) is 0 Å². The van der Waals surface area contributed by atoms with Gasteiger partial charge in [-0.25, -0.2) is 23.7 Å². The second-order valence-electron chi connectivity index (χ2n) is 5.68. The minimum absolute atomic E-state index is 0.117. The first-order valence-electron chi connectivity index (χ1n) is 7.10. The van der Waals surface area contributed by atoms with Gasteiger partial charge in [-0.2, -0.15) is 0 Å². The van der Waals surface area contributed by atoms with Gasteiger partial charge >= 0.3 is 0 Å². The average Bonchev–Trinajstić information content (AvgIpc) is 2.97. The lowest BCUT2D eigenvalue weighted by atomic mass is 10.2. The van der Waals surface area contributed by atoms with Crippen LogP contribution in [0.2, 0.25) is 0 Å². The Labute approximate surface area is 129 Å². The monoisotopic (exact) mass is 320 g/mol. The van der Waals surface area contributed by atoms with Crippen molar-refractivity contribution in [2.75, 3.05) is 18.0 Å². The van der Waals surface area contributed by atoms with Crippen molar-refractivity contribution in [3.8, 4) is 0 Å². The van der Waals surface area contributed by atoms with E-state index in [1.54, 1.807) is 11.1 Å². The summed E-state index contributed by atoms with van der Waals surface area (Å²) in [6, 6.07) is 1.91. The van der Waals surface area contributed by atoms with E-state index in [-0.39, 0.29) is 13.0 Å². The fourth-order valence-electron chi connectivity index (χ4n) is 3.04. The van der Waals surface area contributed by atoms with Crippen molar-refractivity contribution in [1.29, 1.82) is 0 Å². The quantitative estimate of drug-likeness (QED) is 0.685. The number of alkyl halides is 2. The molecule has 22 heavy (non-hydrogen) atoms. The van der Waals surface area contributed by atoms with Gasteiger partial charge in [0.15, 0.2) is 0 Å². The fourth-order valence-corrected chi connectivity index (χ4v) is 4.32. The third-order valence-corrected chi connectivity index (χ3v) is 5.09. The lowest BCUT2D eigenvalue weighted by Crippen LogP contribution is -2.25. The highest BCUT2D eigenvalue weighted by Crippen LogP contribution is 2.40. The predicted octanol–water partition coefficient (Wildman–Crippen LogP) is 3.70. The van der Waals surface area contributed by atoms with Crippen molar-refractivity contribution < 1.29 is 8.78 Å². The standard InChI is InChI=1S/C15H14F2N4S/c1-8-11-10-3-5-18-13(21-6-4-15(16,17)7-21)12(10)22-14(11)20-9(2)19-8/h3,5H,4,6-7H2,1-2H3. The Kier molecular flexibility index (Phi) is 2.84. The van der Waals surface area contributed by atoms with E-state index in [2.05, 4.69) is 15.0 Å². The lowest BCUT2D eigenvalue weighted by Gasteiger charge is -2.17. The van der Waals surface area contributed by atoms with Crippen molar-refractivity contribution in [3.63, 3.8) is 0 Å². The lowest BCUT2D eigenvalue weighted by molar-refractivity contribution is 0.0257. The Morgan fingerprint density at radius 1 is 1.27 bits per heavy atom. The van der Waals surface area contributed by atoms with Gasteiger partial charge in [0.25, 0.3) is 5.92 Å². The molecule has 1 fully saturated rings. The summed E-state index contributed by atoms with van der Waals surface area (Å²) < 4.78 is 27.9. The van der Waals surface area contributed by atoms with Crippen LogP contribution in [0.1, 0.15) is 17.9 Å². The molecule has 0 aromatic carbocycles. The molecule has 0 aliphatic carbocycles. The maximum absolute atomic E-state index is 13.5. The Morgan fingerprint density at radius 2 is 2.09 bits per heavy atom. The zero-order chi connectivity index (χ0) is 15.5. The molecule has 7 heteroatoms. The van der Waals surface area contributed by atoms with Crippen LogP contribution < -0.4 is 4.90 Å². The van der Waals surface area contributed by atoms with Crippen LogP contribution in [0.4, 0.5) is 14.6 Å². The zero-order valence-electron chi connectivity index (χ0n) is 12.2. The molecule has 0 atom stereocenters. The van der Waals surface area contributed by atoms with Crippen molar-refractivity contribution in [2.24, 2.45) is 0 Å². The summed E-state index contributed by atoms with van der Waals surface area (Å²) in [6.07, 6.45) is 1.56. The first-order chi connectivity index (χ1) is 10.4. The highest BCUT2D eigenvalue weighted by molar-refractivity contribution is 7.26. The topological polar surface area (TPSA) is 41.9 Å². The summed E-state index contributed by atoms with van der Waals surface area (Å²) in [5.41, 5.74) is 0.914. The van der Waals surface area contributed by atoms with Crippen LogP contribution in [0.3, 0.4) is 0 Å². The van der Waals surface area contributed by atoms with Crippen LogP contribution in [0.25, 0.3) is 20.3 Å². The van der Waals surface area contributed by atoms with Crippen molar-refractivity contribution >= 4 is 37.5 Å². The smallest absolute Gasteiger partial charge is 0.266 e. The Balaban J connectivity index is 1.96. The summed E-state index contributed by atoms with van der Waals surface area (Å²) in [7, 11) is 0. The molecule has 4 rings (SSSR count). The number of rotatable bonds is 1. The molecule has 0 N–H and O–H groups in total. The van der Waals surface area contributed by atoms with E-state index in [0.717, 1.165) is 31.8 Å². The number of aromatic nitrogens is 3. The molecule has 114 valence electrons. The molecule has 3 aromatic rings. The molecule has 0 radical (unpaired) electrons. The fraction of sp³-hybridized carbons (Fsp3) is 0.400. The van der Waals surface area contributed by atoms with E-state index >= 15 is 0 Å². The Hall–Kier alpha value is -1.89. The molecule has 0 amide bonds. The normalized spacial score (nSPS) is 17.7. The van der Waals surface area contributed by atoms with E-state index < -0.39 is 5.92 Å². The van der Waals surface area contributed by atoms with Gasteiger partial charge in [0.2, 0.25) is 0 Å². The van der Waals surface area contributed by atoms with Gasteiger partial charge in [0, 0.05) is 29.9 Å². The molecular weight excluding hydrogens is 306 g/mol. The number of hydrogen-bond acceptors (Lipinski definition) is 5. The molecule has 0 saturated carbocycles. The molecule has 1 aliphatic heterocycles. The van der Waals surface area contributed by atoms with Crippen LogP contribution in [0, 0.1) is 13.8 Å². The summed E-state index contributed by atoms with van der Waals surface area (Å²) in [4.78, 5) is 15.8. The molecule has 4 nitrogen and oxygen atoms in total. The number of hydrogen-bond donors (Lipinski definition) is 0. The predicted molar refractivity (Wildman–Crippen MR) is 84.0 cm³/mol. The van der Waals surface area contributed by atoms with E-state index in [0.29, 0.717) is 12.4 Å². The molecule has 4 heterocycles. The van der Waals surface area contributed by atoms with E-state index in [1.807, 2.05) is 19.9 Å². The molecule has 3 aromatic heterocycles. The van der Waals surface area contributed by atoms with Crippen molar-refractivity contribution in [2.45, 2.75) is 26.2 Å². The van der Waals surface area contributed by atoms with Crippen molar-refractivity contribution in [1.82, 2.24) is 15.0 Å². The highest BCUT2D eigenvalue weighted by Gasteiger charge is 2.39. The number of pyridine rings is 1.